The highest BCUT2D eigenvalue weighted by Crippen LogP contribution is 2.34. The number of halogens is 3. The second-order valence-electron chi connectivity index (χ2n) is 8.13. The van der Waals surface area contributed by atoms with Crippen molar-refractivity contribution in [2.75, 3.05) is 17.2 Å². The van der Waals surface area contributed by atoms with Crippen LogP contribution < -0.4 is 10.6 Å². The van der Waals surface area contributed by atoms with Gasteiger partial charge in [0.2, 0.25) is 0 Å². The van der Waals surface area contributed by atoms with Gasteiger partial charge in [-0.25, -0.2) is 9.59 Å². The quantitative estimate of drug-likeness (QED) is 0.453. The van der Waals surface area contributed by atoms with Crippen molar-refractivity contribution in [3.05, 3.63) is 78.1 Å². The summed E-state index contributed by atoms with van der Waals surface area (Å²) in [6.45, 7) is 0.364. The number of carbonyl (C=O) groups is 3. The summed E-state index contributed by atoms with van der Waals surface area (Å²) in [7, 11) is 0. The number of para-hydroxylation sites is 1. The topological polar surface area (TPSA) is 112 Å². The predicted molar refractivity (Wildman–Crippen MR) is 125 cm³/mol. The Morgan fingerprint density at radius 1 is 0.944 bits per heavy atom. The standard InChI is InChI=1S/C25H21F3N4O4/c26-25(27,28)18-4-1-2-5-19(18)31-24(36)30-17-10-7-15(8-11-17)16-9-12-20(29-14-16)22(33)32-13-3-6-21(32)23(34)35/h1-2,4-5,7-12,14,21H,3,6,13H2,(H,34,35)(H2,30,31,36)/t21-/m0/s1. The predicted octanol–water partition coefficient (Wildman–Crippen LogP) is 5.10. The number of aliphatic carboxylic acids is 1. The van der Waals surface area contributed by atoms with Crippen LogP contribution in [0.25, 0.3) is 11.1 Å². The molecule has 8 nitrogen and oxygen atoms in total. The fourth-order valence-corrected chi connectivity index (χ4v) is 3.97. The number of urea groups is 1. The average Bonchev–Trinajstić information content (AvgIpc) is 3.34. The van der Waals surface area contributed by atoms with Gasteiger partial charge in [0.05, 0.1) is 11.3 Å². The Hall–Kier alpha value is -4.41. The molecular formula is C25H21F3N4O4. The Labute approximate surface area is 203 Å². The number of amides is 3. The van der Waals surface area contributed by atoms with E-state index in [0.717, 1.165) is 11.6 Å². The zero-order valence-corrected chi connectivity index (χ0v) is 18.7. The van der Waals surface area contributed by atoms with Crippen molar-refractivity contribution >= 4 is 29.3 Å². The van der Waals surface area contributed by atoms with Crippen molar-refractivity contribution in [3.63, 3.8) is 0 Å². The summed E-state index contributed by atoms with van der Waals surface area (Å²) < 4.78 is 39.3. The Morgan fingerprint density at radius 2 is 1.64 bits per heavy atom. The van der Waals surface area contributed by atoms with Crippen molar-refractivity contribution in [3.8, 4) is 11.1 Å². The van der Waals surface area contributed by atoms with Gasteiger partial charge in [0.1, 0.15) is 11.7 Å². The molecule has 0 aliphatic carbocycles. The molecule has 0 bridgehead atoms. The largest absolute Gasteiger partial charge is 0.480 e. The fraction of sp³-hybridized carbons (Fsp3) is 0.200. The third-order valence-electron chi connectivity index (χ3n) is 5.74. The Morgan fingerprint density at radius 3 is 2.28 bits per heavy atom. The van der Waals surface area contributed by atoms with E-state index in [0.29, 0.717) is 30.6 Å². The lowest BCUT2D eigenvalue weighted by atomic mass is 10.1. The molecule has 2 aromatic carbocycles. The molecule has 1 aliphatic rings. The zero-order chi connectivity index (χ0) is 25.9. The van der Waals surface area contributed by atoms with Gasteiger partial charge in [-0.3, -0.25) is 9.78 Å². The van der Waals surface area contributed by atoms with Crippen molar-refractivity contribution < 1.29 is 32.7 Å². The third-order valence-corrected chi connectivity index (χ3v) is 5.74. The first-order valence-corrected chi connectivity index (χ1v) is 11.0. The van der Waals surface area contributed by atoms with Crippen LogP contribution in [0.1, 0.15) is 28.9 Å². The number of rotatable bonds is 5. The van der Waals surface area contributed by atoms with Crippen LogP contribution in [-0.2, 0) is 11.0 Å². The van der Waals surface area contributed by atoms with Gasteiger partial charge in [0, 0.05) is 24.0 Å². The molecule has 0 spiro atoms. The molecule has 11 heteroatoms. The molecule has 1 saturated heterocycles. The maximum Gasteiger partial charge on any atom is 0.418 e. The van der Waals surface area contributed by atoms with Crippen LogP contribution >= 0.6 is 0 Å². The van der Waals surface area contributed by atoms with Crippen molar-refractivity contribution in [2.24, 2.45) is 0 Å². The van der Waals surface area contributed by atoms with Crippen LogP contribution in [0.2, 0.25) is 0 Å². The number of carboxylic acids is 1. The van der Waals surface area contributed by atoms with Crippen molar-refractivity contribution in [1.29, 1.82) is 0 Å². The van der Waals surface area contributed by atoms with Crippen molar-refractivity contribution in [1.82, 2.24) is 9.88 Å². The lowest BCUT2D eigenvalue weighted by Gasteiger charge is -2.20. The van der Waals surface area contributed by atoms with E-state index < -0.39 is 35.7 Å². The highest BCUT2D eigenvalue weighted by atomic mass is 19.4. The highest BCUT2D eigenvalue weighted by Gasteiger charge is 2.35. The number of likely N-dealkylation sites (tertiary alicyclic amines) is 1. The van der Waals surface area contributed by atoms with Crippen LogP contribution in [0.15, 0.2) is 66.9 Å². The number of benzene rings is 2. The van der Waals surface area contributed by atoms with Gasteiger partial charge in [-0.15, -0.1) is 0 Å². The number of hydrogen-bond donors (Lipinski definition) is 3. The molecule has 186 valence electrons. The molecule has 1 atom stereocenters. The van der Waals surface area contributed by atoms with Crippen LogP contribution in [0.4, 0.5) is 29.3 Å². The number of pyridine rings is 1. The van der Waals surface area contributed by atoms with Gasteiger partial charge >= 0.3 is 18.2 Å². The number of nitrogens with one attached hydrogen (secondary N) is 2. The molecule has 1 aromatic heterocycles. The second-order valence-corrected chi connectivity index (χ2v) is 8.13. The summed E-state index contributed by atoms with van der Waals surface area (Å²) in [5, 5.41) is 14.0. The molecule has 0 saturated carbocycles. The minimum atomic E-state index is -4.60. The van der Waals surface area contributed by atoms with Gasteiger partial charge in [-0.2, -0.15) is 13.2 Å². The lowest BCUT2D eigenvalue weighted by molar-refractivity contribution is -0.141. The van der Waals surface area contributed by atoms with Gasteiger partial charge < -0.3 is 20.6 Å². The van der Waals surface area contributed by atoms with Crippen LogP contribution in [0, 0.1) is 0 Å². The minimum absolute atomic E-state index is 0.140. The number of carboxylic acid groups (broad SMARTS) is 1. The Kier molecular flexibility index (Phi) is 6.91. The molecule has 0 radical (unpaired) electrons. The Bertz CT molecular complexity index is 1280. The molecule has 2 heterocycles. The van der Waals surface area contributed by atoms with Gasteiger partial charge in [0.25, 0.3) is 5.91 Å². The van der Waals surface area contributed by atoms with E-state index in [1.54, 1.807) is 30.3 Å². The monoisotopic (exact) mass is 498 g/mol. The molecule has 1 fully saturated rings. The van der Waals surface area contributed by atoms with Gasteiger partial charge in [-0.1, -0.05) is 30.3 Å². The number of alkyl halides is 3. The highest BCUT2D eigenvalue weighted by molar-refractivity contribution is 6.00. The van der Waals surface area contributed by atoms with Gasteiger partial charge in [-0.05, 0) is 48.7 Å². The number of nitrogens with zero attached hydrogens (tertiary/aromatic N) is 2. The third kappa shape index (κ3) is 5.45. The van der Waals surface area contributed by atoms with E-state index in [1.165, 1.54) is 35.4 Å². The first-order valence-electron chi connectivity index (χ1n) is 11.0. The molecule has 4 rings (SSSR count). The zero-order valence-electron chi connectivity index (χ0n) is 18.7. The summed E-state index contributed by atoms with van der Waals surface area (Å²) in [5.74, 6) is -1.48. The summed E-state index contributed by atoms with van der Waals surface area (Å²) in [5.41, 5.74) is 0.587. The van der Waals surface area contributed by atoms with Crippen LogP contribution in [0.3, 0.4) is 0 Å². The lowest BCUT2D eigenvalue weighted by Crippen LogP contribution is -2.40. The molecule has 3 N–H and O–H groups in total. The van der Waals surface area contributed by atoms with Gasteiger partial charge in [0.15, 0.2) is 0 Å². The van der Waals surface area contributed by atoms with Crippen LogP contribution in [0.5, 0.6) is 0 Å². The molecule has 36 heavy (non-hydrogen) atoms. The summed E-state index contributed by atoms with van der Waals surface area (Å²) in [6.07, 6.45) is -2.09. The van der Waals surface area contributed by atoms with E-state index in [4.69, 9.17) is 0 Å². The van der Waals surface area contributed by atoms with E-state index in [2.05, 4.69) is 15.6 Å². The number of aromatic nitrogens is 1. The SMILES string of the molecule is O=C(Nc1ccc(-c2ccc(C(=O)N3CCC[C@H]3C(=O)O)nc2)cc1)Nc1ccccc1C(F)(F)F. The first-order chi connectivity index (χ1) is 17.1. The molecule has 3 amide bonds. The molecule has 1 aliphatic heterocycles. The average molecular weight is 498 g/mol. The number of hydrogen-bond acceptors (Lipinski definition) is 4. The minimum Gasteiger partial charge on any atom is -0.480 e. The van der Waals surface area contributed by atoms with Crippen LogP contribution in [-0.4, -0.2) is 45.5 Å². The number of carbonyl (C=O) groups excluding carboxylic acids is 2. The maximum atomic E-state index is 13.1. The Balaban J connectivity index is 1.40. The summed E-state index contributed by atoms with van der Waals surface area (Å²) in [4.78, 5) is 41.7. The number of anilines is 2. The normalized spacial score (nSPS) is 15.4. The first kappa shape index (κ1) is 24.7. The summed E-state index contributed by atoms with van der Waals surface area (Å²) in [6, 6.07) is 12.7. The van der Waals surface area contributed by atoms with E-state index in [1.807, 2.05) is 0 Å². The van der Waals surface area contributed by atoms with Crippen molar-refractivity contribution in [2.45, 2.75) is 25.1 Å². The fourth-order valence-electron chi connectivity index (χ4n) is 3.97. The second kappa shape index (κ2) is 10.1. The van der Waals surface area contributed by atoms with E-state index >= 15 is 0 Å². The van der Waals surface area contributed by atoms with E-state index in [9.17, 15) is 32.7 Å². The summed E-state index contributed by atoms with van der Waals surface area (Å²) >= 11 is 0. The smallest absolute Gasteiger partial charge is 0.418 e. The maximum absolute atomic E-state index is 13.1. The molecular weight excluding hydrogens is 477 g/mol. The molecule has 3 aromatic rings. The molecule has 0 unspecified atom stereocenters. The van der Waals surface area contributed by atoms with E-state index in [-0.39, 0.29) is 11.4 Å².